The van der Waals surface area contributed by atoms with E-state index in [0.717, 1.165) is 5.69 Å². The van der Waals surface area contributed by atoms with Crippen LogP contribution >= 0.6 is 0 Å². The Morgan fingerprint density at radius 1 is 0.970 bits per heavy atom. The summed E-state index contributed by atoms with van der Waals surface area (Å²) in [5.41, 5.74) is 2.88. The Morgan fingerprint density at radius 3 is 2.39 bits per heavy atom. The molecular weight excluding hydrogens is 420 g/mol. The lowest BCUT2D eigenvalue weighted by Gasteiger charge is -2.11. The molecule has 2 aromatic carbocycles. The Morgan fingerprint density at radius 2 is 1.70 bits per heavy atom. The van der Waals surface area contributed by atoms with Gasteiger partial charge in [-0.25, -0.2) is 4.79 Å². The van der Waals surface area contributed by atoms with Crippen molar-refractivity contribution in [3.05, 3.63) is 84.2 Å². The van der Waals surface area contributed by atoms with Gasteiger partial charge in [-0.05, 0) is 48.5 Å². The minimum Gasteiger partial charge on any atom is -0.457 e. The third-order valence-corrected chi connectivity index (χ3v) is 4.73. The van der Waals surface area contributed by atoms with Gasteiger partial charge < -0.3 is 31.4 Å². The van der Waals surface area contributed by atoms with Gasteiger partial charge in [0.1, 0.15) is 17.2 Å². The number of ether oxygens (including phenoxy) is 1. The Balaban J connectivity index is 1.34. The van der Waals surface area contributed by atoms with Gasteiger partial charge in [0, 0.05) is 48.2 Å². The van der Waals surface area contributed by atoms with E-state index < -0.39 is 6.03 Å². The first-order valence-corrected chi connectivity index (χ1v) is 10.2. The summed E-state index contributed by atoms with van der Waals surface area (Å²) in [6.45, 7) is 0. The molecule has 0 radical (unpaired) electrons. The molecule has 0 spiro atoms. The van der Waals surface area contributed by atoms with Crippen molar-refractivity contribution in [2.45, 2.75) is 6.04 Å². The molecule has 166 valence electrons. The van der Waals surface area contributed by atoms with Gasteiger partial charge in [0.25, 0.3) is 5.91 Å². The number of nitrogens with zero attached hydrogens (tertiary/aromatic N) is 1. The number of amides is 3. The Hall–Kier alpha value is -4.66. The van der Waals surface area contributed by atoms with E-state index in [1.165, 1.54) is 12.4 Å². The first kappa shape index (κ1) is 21.6. The molecule has 3 aromatic rings. The van der Waals surface area contributed by atoms with Crippen LogP contribution < -0.4 is 26.0 Å². The number of urea groups is 1. The largest absolute Gasteiger partial charge is 0.457 e. The van der Waals surface area contributed by atoms with Crippen LogP contribution in [-0.2, 0) is 0 Å². The maximum Gasteiger partial charge on any atom is 0.323 e. The van der Waals surface area contributed by atoms with Gasteiger partial charge in [-0.3, -0.25) is 9.78 Å². The molecule has 0 saturated carbocycles. The summed E-state index contributed by atoms with van der Waals surface area (Å²) in [5.74, 6) is 0.749. The number of anilines is 3. The summed E-state index contributed by atoms with van der Waals surface area (Å²) in [7, 11) is 1.77. The van der Waals surface area contributed by atoms with Crippen LogP contribution in [0.1, 0.15) is 16.1 Å². The molecule has 0 saturated heterocycles. The summed E-state index contributed by atoms with van der Waals surface area (Å²) >= 11 is 0. The molecule has 5 N–H and O–H groups in total. The average Bonchev–Trinajstić information content (AvgIpc) is 3.64. The van der Waals surface area contributed by atoms with Gasteiger partial charge >= 0.3 is 6.03 Å². The quantitative estimate of drug-likeness (QED) is 0.263. The number of hydrogen-bond donors (Lipinski definition) is 5. The molecule has 1 aromatic heterocycles. The summed E-state index contributed by atoms with van der Waals surface area (Å²) in [5, 5.41) is 18.7. The molecular formula is C24H22N6O3. The standard InChI is InChI=1S/C24H22N6O3/c1-26-21-9-6-18(12-15(21)14-25)30-24(32)29-17-4-7-19(8-5-17)33-20-10-11-27-22(13-20)23(31)28-16-2-3-16/h2-14,16,25-26H,1H3,(H,28,31)(H2,29,30,32). The summed E-state index contributed by atoms with van der Waals surface area (Å²) in [6, 6.07) is 14.9. The highest BCUT2D eigenvalue weighted by molar-refractivity contribution is 6.00. The molecule has 0 fully saturated rings. The van der Waals surface area contributed by atoms with Crippen LogP contribution in [0.2, 0.25) is 0 Å². The fourth-order valence-corrected chi connectivity index (χ4v) is 3.00. The predicted molar refractivity (Wildman–Crippen MR) is 128 cm³/mol. The van der Waals surface area contributed by atoms with E-state index in [0.29, 0.717) is 28.4 Å². The maximum absolute atomic E-state index is 12.3. The minimum atomic E-state index is -0.410. The molecule has 0 aliphatic heterocycles. The second-order valence-corrected chi connectivity index (χ2v) is 7.16. The number of nitrogens with one attached hydrogen (secondary N) is 5. The number of carbonyl (C=O) groups excluding carboxylic acids is 2. The summed E-state index contributed by atoms with van der Waals surface area (Å²) in [6.07, 6.45) is 6.48. The topological polar surface area (TPSA) is 128 Å². The molecule has 9 heteroatoms. The van der Waals surface area contributed by atoms with E-state index in [1.54, 1.807) is 61.6 Å². The molecule has 1 aliphatic rings. The summed E-state index contributed by atoms with van der Waals surface area (Å²) < 4.78 is 5.80. The van der Waals surface area contributed by atoms with E-state index in [-0.39, 0.29) is 17.6 Å². The smallest absolute Gasteiger partial charge is 0.323 e. The van der Waals surface area contributed by atoms with Gasteiger partial charge in [-0.2, -0.15) is 0 Å². The Labute approximate surface area is 190 Å². The SMILES string of the molecule is CNc1ccc(NC(=O)Nc2ccc(Oc3ccnc(C(=O)NC4C=C4)c3)cc2)cc1C=N. The van der Waals surface area contributed by atoms with E-state index in [4.69, 9.17) is 10.1 Å². The number of hydrogen-bond acceptors (Lipinski definition) is 6. The average molecular weight is 442 g/mol. The monoisotopic (exact) mass is 442 g/mol. The molecule has 4 rings (SSSR count). The van der Waals surface area contributed by atoms with Crippen LogP contribution in [0.3, 0.4) is 0 Å². The Bertz CT molecular complexity index is 1220. The lowest BCUT2D eigenvalue weighted by molar-refractivity contribution is 0.0948. The molecule has 1 heterocycles. The highest BCUT2D eigenvalue weighted by atomic mass is 16.5. The van der Waals surface area contributed by atoms with Crippen LogP contribution in [0.5, 0.6) is 11.5 Å². The van der Waals surface area contributed by atoms with Gasteiger partial charge in [-0.1, -0.05) is 12.2 Å². The first-order valence-electron chi connectivity index (χ1n) is 10.2. The molecule has 9 nitrogen and oxygen atoms in total. The maximum atomic E-state index is 12.3. The third-order valence-electron chi connectivity index (χ3n) is 4.73. The Kier molecular flexibility index (Phi) is 6.31. The number of rotatable bonds is 8. The molecule has 1 aliphatic carbocycles. The van der Waals surface area contributed by atoms with Crippen LogP contribution in [-0.4, -0.2) is 36.2 Å². The van der Waals surface area contributed by atoms with E-state index in [1.807, 2.05) is 12.2 Å². The highest BCUT2D eigenvalue weighted by Crippen LogP contribution is 2.24. The first-order chi connectivity index (χ1) is 16.0. The molecule has 0 bridgehead atoms. The third kappa shape index (κ3) is 5.73. The molecule has 0 unspecified atom stereocenters. The fraction of sp³-hybridized carbons (Fsp3) is 0.0833. The van der Waals surface area contributed by atoms with Crippen molar-refractivity contribution in [2.75, 3.05) is 23.0 Å². The van der Waals surface area contributed by atoms with Crippen LogP contribution in [0.15, 0.2) is 72.9 Å². The lowest BCUT2D eigenvalue weighted by atomic mass is 10.1. The predicted octanol–water partition coefficient (Wildman–Crippen LogP) is 4.23. The normalized spacial score (nSPS) is 11.9. The van der Waals surface area contributed by atoms with Gasteiger partial charge in [0.05, 0.1) is 6.04 Å². The van der Waals surface area contributed by atoms with Gasteiger partial charge in [-0.15, -0.1) is 0 Å². The zero-order valence-corrected chi connectivity index (χ0v) is 17.8. The minimum absolute atomic E-state index is 0.00637. The number of aromatic nitrogens is 1. The van der Waals surface area contributed by atoms with Crippen LogP contribution in [0.25, 0.3) is 0 Å². The molecule has 0 atom stereocenters. The van der Waals surface area contributed by atoms with Crippen molar-refractivity contribution in [1.29, 1.82) is 5.41 Å². The van der Waals surface area contributed by atoms with Crippen molar-refractivity contribution >= 4 is 35.2 Å². The van der Waals surface area contributed by atoms with E-state index in [9.17, 15) is 9.59 Å². The van der Waals surface area contributed by atoms with Crippen molar-refractivity contribution < 1.29 is 14.3 Å². The van der Waals surface area contributed by atoms with Gasteiger partial charge in [0.2, 0.25) is 0 Å². The van der Waals surface area contributed by atoms with E-state index >= 15 is 0 Å². The van der Waals surface area contributed by atoms with E-state index in [2.05, 4.69) is 26.3 Å². The van der Waals surface area contributed by atoms with Crippen LogP contribution in [0.4, 0.5) is 21.9 Å². The number of benzene rings is 2. The fourth-order valence-electron chi connectivity index (χ4n) is 3.00. The van der Waals surface area contributed by atoms with Gasteiger partial charge in [0.15, 0.2) is 0 Å². The molecule has 3 amide bonds. The zero-order chi connectivity index (χ0) is 23.2. The molecule has 33 heavy (non-hydrogen) atoms. The highest BCUT2D eigenvalue weighted by Gasteiger charge is 2.16. The van der Waals surface area contributed by atoms with Crippen molar-refractivity contribution in [1.82, 2.24) is 10.3 Å². The van der Waals surface area contributed by atoms with Crippen molar-refractivity contribution in [3.63, 3.8) is 0 Å². The van der Waals surface area contributed by atoms with Crippen molar-refractivity contribution in [2.24, 2.45) is 0 Å². The van der Waals surface area contributed by atoms with Crippen LogP contribution in [0, 0.1) is 5.41 Å². The van der Waals surface area contributed by atoms with Crippen molar-refractivity contribution in [3.8, 4) is 11.5 Å². The second kappa shape index (κ2) is 9.65. The number of pyridine rings is 1. The zero-order valence-electron chi connectivity index (χ0n) is 17.8. The number of carbonyl (C=O) groups is 2. The summed E-state index contributed by atoms with van der Waals surface area (Å²) in [4.78, 5) is 28.5. The second-order valence-electron chi connectivity index (χ2n) is 7.16. The lowest BCUT2D eigenvalue weighted by Crippen LogP contribution is -2.27.